The van der Waals surface area contributed by atoms with Crippen molar-refractivity contribution in [3.63, 3.8) is 0 Å². The van der Waals surface area contributed by atoms with Crippen molar-refractivity contribution >= 4 is 22.7 Å². The highest BCUT2D eigenvalue weighted by Gasteiger charge is 2.19. The Hall–Kier alpha value is -6.00. The summed E-state index contributed by atoms with van der Waals surface area (Å²) in [6.45, 7) is 5.96. The van der Waals surface area contributed by atoms with Crippen LogP contribution in [0.25, 0.3) is 33.4 Å². The summed E-state index contributed by atoms with van der Waals surface area (Å²) in [5.74, 6) is 0. The summed E-state index contributed by atoms with van der Waals surface area (Å²) in [6, 6.07) is 52.7. The Kier molecular flexibility index (Phi) is 7.75. The van der Waals surface area contributed by atoms with Crippen molar-refractivity contribution in [3.05, 3.63) is 182 Å². The molecule has 0 atom stereocenters. The molecule has 48 heavy (non-hydrogen) atoms. The fourth-order valence-corrected chi connectivity index (χ4v) is 6.88. The molecule has 2 heterocycles. The Labute approximate surface area is 283 Å². The number of para-hydroxylation sites is 2. The molecular formula is C44H38N4. The van der Waals surface area contributed by atoms with Crippen LogP contribution < -0.4 is 19.6 Å². The summed E-state index contributed by atoms with van der Waals surface area (Å²) in [5, 5.41) is 0. The minimum Gasteiger partial charge on any atom is -0.328 e. The molecule has 0 radical (unpaired) electrons. The van der Waals surface area contributed by atoms with Crippen LogP contribution in [0.4, 0.5) is 22.7 Å². The van der Waals surface area contributed by atoms with Crippen LogP contribution in [0, 0.1) is 13.8 Å². The highest BCUT2D eigenvalue weighted by atomic mass is 15.3. The molecule has 8 rings (SSSR count). The number of anilines is 4. The number of aryl methyl sites for hydroxylation is 2. The van der Waals surface area contributed by atoms with E-state index in [4.69, 9.17) is 0 Å². The predicted molar refractivity (Wildman–Crippen MR) is 203 cm³/mol. The minimum absolute atomic E-state index is 0.792. The molecule has 0 bridgehead atoms. The van der Waals surface area contributed by atoms with Crippen molar-refractivity contribution in [1.82, 2.24) is 0 Å². The van der Waals surface area contributed by atoms with Gasteiger partial charge in [-0.2, -0.15) is 0 Å². The largest absolute Gasteiger partial charge is 0.328 e. The maximum atomic E-state index is 2.32. The molecule has 4 heteroatoms. The Morgan fingerprint density at radius 1 is 0.354 bits per heavy atom. The van der Waals surface area contributed by atoms with Crippen LogP contribution >= 0.6 is 0 Å². The van der Waals surface area contributed by atoms with Gasteiger partial charge in [-0.3, -0.25) is 0 Å². The van der Waals surface area contributed by atoms with E-state index >= 15 is 0 Å². The Morgan fingerprint density at radius 2 is 0.729 bits per heavy atom. The third kappa shape index (κ3) is 5.85. The fourth-order valence-electron chi connectivity index (χ4n) is 6.88. The molecule has 6 aromatic rings. The molecule has 0 fully saturated rings. The van der Waals surface area contributed by atoms with E-state index in [-0.39, 0.29) is 0 Å². The van der Waals surface area contributed by atoms with E-state index in [9.17, 15) is 0 Å². The van der Waals surface area contributed by atoms with Gasteiger partial charge in [0.1, 0.15) is 0 Å². The first-order valence-electron chi connectivity index (χ1n) is 16.5. The molecule has 0 unspecified atom stereocenters. The summed E-state index contributed by atoms with van der Waals surface area (Å²) in [7, 11) is 0. The highest BCUT2D eigenvalue weighted by molar-refractivity contribution is 5.95. The van der Waals surface area contributed by atoms with Crippen LogP contribution in [0.2, 0.25) is 0 Å². The lowest BCUT2D eigenvalue weighted by molar-refractivity contribution is 0.976. The number of nitrogens with zero attached hydrogens (tertiary/aromatic N) is 4. The monoisotopic (exact) mass is 622 g/mol. The van der Waals surface area contributed by atoms with Gasteiger partial charge in [-0.1, -0.05) is 108 Å². The zero-order chi connectivity index (χ0) is 32.5. The molecule has 4 nitrogen and oxygen atoms in total. The third-order valence-corrected chi connectivity index (χ3v) is 9.23. The third-order valence-electron chi connectivity index (χ3n) is 9.23. The summed E-state index contributed by atoms with van der Waals surface area (Å²) in [6.07, 6.45) is 8.61. The van der Waals surface area contributed by atoms with Crippen LogP contribution in [-0.2, 0) is 0 Å². The van der Waals surface area contributed by atoms with Gasteiger partial charge in [0, 0.05) is 47.5 Å². The van der Waals surface area contributed by atoms with Gasteiger partial charge < -0.3 is 19.6 Å². The SMILES string of the molecule is Cc1cc(C)cc(-c2c(-c3ccc(N4C=CN(c5ccccc5)C4)cc3)cccc2-c2ccc(N3C=CN(c4ccccc4)C3)cc2)c1. The van der Waals surface area contributed by atoms with Crippen LogP contribution in [0.5, 0.6) is 0 Å². The normalized spacial score (nSPS) is 14.0. The lowest BCUT2D eigenvalue weighted by Gasteiger charge is -2.22. The lowest BCUT2D eigenvalue weighted by atomic mass is 9.86. The first-order chi connectivity index (χ1) is 23.6. The Balaban J connectivity index is 1.11. The van der Waals surface area contributed by atoms with Crippen molar-refractivity contribution in [2.45, 2.75) is 13.8 Å². The molecule has 0 saturated carbocycles. The standard InChI is InChI=1S/C44H38N4/c1-33-28-34(2)30-37(29-33)44-42(35-16-20-40(21-17-35)47-26-24-45(31-47)38-10-5-3-6-11-38)14-9-15-43(44)36-18-22-41(23-19-36)48-27-25-46(32-48)39-12-7-4-8-13-39/h3-30H,31-32H2,1-2H3. The Morgan fingerprint density at radius 3 is 1.12 bits per heavy atom. The quantitative estimate of drug-likeness (QED) is 0.176. The first-order valence-corrected chi connectivity index (χ1v) is 16.5. The van der Waals surface area contributed by atoms with E-state index < -0.39 is 0 Å². The number of rotatable bonds is 7. The lowest BCUT2D eigenvalue weighted by Crippen LogP contribution is -2.24. The molecule has 2 aliphatic rings. The fraction of sp³-hybridized carbons (Fsp3) is 0.0909. The number of hydrogen-bond donors (Lipinski definition) is 0. The van der Waals surface area contributed by atoms with E-state index in [1.54, 1.807) is 0 Å². The second-order valence-corrected chi connectivity index (χ2v) is 12.6. The zero-order valence-electron chi connectivity index (χ0n) is 27.4. The zero-order valence-corrected chi connectivity index (χ0v) is 27.4. The van der Waals surface area contributed by atoms with Crippen molar-refractivity contribution in [1.29, 1.82) is 0 Å². The van der Waals surface area contributed by atoms with E-state index in [0.29, 0.717) is 0 Å². The molecule has 0 spiro atoms. The van der Waals surface area contributed by atoms with Crippen LogP contribution in [-0.4, -0.2) is 13.3 Å². The summed E-state index contributed by atoms with van der Waals surface area (Å²) < 4.78 is 0. The predicted octanol–water partition coefficient (Wildman–Crippen LogP) is 10.8. The molecule has 6 aromatic carbocycles. The van der Waals surface area contributed by atoms with E-state index in [2.05, 4.69) is 204 Å². The van der Waals surface area contributed by atoms with Crippen LogP contribution in [0.1, 0.15) is 11.1 Å². The van der Waals surface area contributed by atoms with Gasteiger partial charge in [0.25, 0.3) is 0 Å². The van der Waals surface area contributed by atoms with Crippen molar-refractivity contribution < 1.29 is 0 Å². The molecule has 0 amide bonds. The second-order valence-electron chi connectivity index (χ2n) is 12.6. The molecule has 0 aliphatic carbocycles. The van der Waals surface area contributed by atoms with Crippen molar-refractivity contribution in [2.75, 3.05) is 32.9 Å². The summed E-state index contributed by atoms with van der Waals surface area (Å²) >= 11 is 0. The maximum Gasteiger partial charge on any atom is 0.0989 e. The van der Waals surface area contributed by atoms with E-state index in [0.717, 1.165) is 13.3 Å². The van der Waals surface area contributed by atoms with Gasteiger partial charge in [-0.15, -0.1) is 0 Å². The van der Waals surface area contributed by atoms with Gasteiger partial charge in [0.05, 0.1) is 13.3 Å². The van der Waals surface area contributed by atoms with Crippen molar-refractivity contribution in [2.24, 2.45) is 0 Å². The highest BCUT2D eigenvalue weighted by Crippen LogP contribution is 2.42. The van der Waals surface area contributed by atoms with Crippen LogP contribution in [0.3, 0.4) is 0 Å². The van der Waals surface area contributed by atoms with Crippen LogP contribution in [0.15, 0.2) is 170 Å². The van der Waals surface area contributed by atoms with Gasteiger partial charge in [-0.05, 0) is 95.8 Å². The van der Waals surface area contributed by atoms with Gasteiger partial charge in [0.2, 0.25) is 0 Å². The average molecular weight is 623 g/mol. The summed E-state index contributed by atoms with van der Waals surface area (Å²) in [4.78, 5) is 9.10. The summed E-state index contributed by atoms with van der Waals surface area (Å²) in [5.41, 5.74) is 14.7. The van der Waals surface area contributed by atoms with Gasteiger partial charge in [0.15, 0.2) is 0 Å². The molecule has 234 valence electrons. The molecule has 2 aliphatic heterocycles. The molecule has 0 N–H and O–H groups in total. The molecular weight excluding hydrogens is 585 g/mol. The van der Waals surface area contributed by atoms with E-state index in [1.807, 2.05) is 0 Å². The minimum atomic E-state index is 0.792. The van der Waals surface area contributed by atoms with Gasteiger partial charge in [-0.25, -0.2) is 0 Å². The van der Waals surface area contributed by atoms with E-state index in [1.165, 1.54) is 67.3 Å². The number of benzene rings is 6. The first kappa shape index (κ1) is 29.4. The Bertz CT molecular complexity index is 1950. The number of hydrogen-bond acceptors (Lipinski definition) is 4. The molecule has 0 saturated heterocycles. The van der Waals surface area contributed by atoms with Crippen molar-refractivity contribution in [3.8, 4) is 33.4 Å². The molecule has 0 aromatic heterocycles. The van der Waals surface area contributed by atoms with Gasteiger partial charge >= 0.3 is 0 Å². The topological polar surface area (TPSA) is 13.0 Å². The second kappa shape index (κ2) is 12.7. The average Bonchev–Trinajstić information content (AvgIpc) is 3.84. The smallest absolute Gasteiger partial charge is 0.0989 e. The maximum absolute atomic E-state index is 2.32.